The lowest BCUT2D eigenvalue weighted by Crippen LogP contribution is -2.29. The van der Waals surface area contributed by atoms with Crippen molar-refractivity contribution in [3.05, 3.63) is 0 Å². The van der Waals surface area contributed by atoms with E-state index in [1.165, 1.54) is 142 Å². The molecule has 0 saturated carbocycles. The van der Waals surface area contributed by atoms with E-state index in [9.17, 15) is 14.2 Å². The Balaban J connectivity index is 3.94. The molecular weight excluding hydrogens is 571 g/mol. The zero-order valence-corrected chi connectivity index (χ0v) is 30.6. The molecule has 0 saturated heterocycles. The fourth-order valence-electron chi connectivity index (χ4n) is 5.46. The van der Waals surface area contributed by atoms with Crippen LogP contribution in [-0.2, 0) is 28.2 Å². The van der Waals surface area contributed by atoms with Crippen LogP contribution >= 0.6 is 7.37 Å². The SMILES string of the molecule is CCCCCCCCCCCCCCCC(=O)OC[C@H](COP(C)(C)=O)OC(=O)CCCCCCCCCCCCCCC. The number of hydrogen-bond donors (Lipinski definition) is 0. The van der Waals surface area contributed by atoms with Crippen LogP contribution in [0.4, 0.5) is 0 Å². The normalized spacial score (nSPS) is 12.4. The van der Waals surface area contributed by atoms with E-state index in [0.717, 1.165) is 38.5 Å². The second kappa shape index (κ2) is 32.1. The fraction of sp³-hybridized carbons (Fsp3) is 0.946. The third-order valence-corrected chi connectivity index (χ3v) is 9.04. The average Bonchev–Trinajstić information content (AvgIpc) is 2.98. The lowest BCUT2D eigenvalue weighted by atomic mass is 10.0. The van der Waals surface area contributed by atoms with Gasteiger partial charge in [-0.05, 0) is 12.8 Å². The molecule has 0 aromatic carbocycles. The molecule has 262 valence electrons. The highest BCUT2D eigenvalue weighted by Gasteiger charge is 2.20. The number of ether oxygens (including phenoxy) is 2. The van der Waals surface area contributed by atoms with Gasteiger partial charge in [-0.15, -0.1) is 0 Å². The Morgan fingerprint density at radius 1 is 0.477 bits per heavy atom. The maximum Gasteiger partial charge on any atom is 0.306 e. The van der Waals surface area contributed by atoms with Crippen LogP contribution in [0.25, 0.3) is 0 Å². The van der Waals surface area contributed by atoms with Gasteiger partial charge in [0.05, 0.1) is 6.61 Å². The molecule has 0 aliphatic rings. The molecule has 0 amide bonds. The molecule has 0 aliphatic heterocycles. The van der Waals surface area contributed by atoms with E-state index in [4.69, 9.17) is 14.0 Å². The topological polar surface area (TPSA) is 78.9 Å². The maximum atomic E-state index is 12.4. The first-order valence-electron chi connectivity index (χ1n) is 18.8. The number of rotatable bonds is 34. The van der Waals surface area contributed by atoms with Crippen molar-refractivity contribution in [3.8, 4) is 0 Å². The van der Waals surface area contributed by atoms with Crippen LogP contribution in [0.15, 0.2) is 0 Å². The van der Waals surface area contributed by atoms with Gasteiger partial charge >= 0.3 is 11.9 Å². The van der Waals surface area contributed by atoms with Gasteiger partial charge in [0.15, 0.2) is 13.5 Å². The summed E-state index contributed by atoms with van der Waals surface area (Å²) < 4.78 is 28.4. The van der Waals surface area contributed by atoms with Crippen molar-refractivity contribution < 1.29 is 28.2 Å². The van der Waals surface area contributed by atoms with E-state index < -0.39 is 13.5 Å². The minimum absolute atomic E-state index is 0.0271. The Kier molecular flexibility index (Phi) is 31.5. The smallest absolute Gasteiger partial charge is 0.306 e. The molecule has 0 spiro atoms. The van der Waals surface area contributed by atoms with Crippen LogP contribution in [0.2, 0.25) is 0 Å². The summed E-state index contributed by atoms with van der Waals surface area (Å²) in [6, 6.07) is 0. The van der Waals surface area contributed by atoms with E-state index in [-0.39, 0.29) is 25.2 Å². The monoisotopic (exact) mass is 645 g/mol. The first-order chi connectivity index (χ1) is 21.3. The summed E-state index contributed by atoms with van der Waals surface area (Å²) in [6.07, 6.45) is 32.6. The number of hydrogen-bond acceptors (Lipinski definition) is 6. The molecule has 0 heterocycles. The number of esters is 2. The third-order valence-electron chi connectivity index (χ3n) is 8.27. The number of carbonyl (C=O) groups excluding carboxylic acids is 2. The zero-order chi connectivity index (χ0) is 32.6. The summed E-state index contributed by atoms with van der Waals surface area (Å²) >= 11 is 0. The molecule has 0 radical (unpaired) electrons. The molecular formula is C37H73O6P. The van der Waals surface area contributed by atoms with Gasteiger partial charge in [-0.3, -0.25) is 14.2 Å². The Hall–Kier alpha value is -0.870. The van der Waals surface area contributed by atoms with Gasteiger partial charge in [-0.25, -0.2) is 0 Å². The summed E-state index contributed by atoms with van der Waals surface area (Å²) in [7, 11) is -2.74. The lowest BCUT2D eigenvalue weighted by Gasteiger charge is -2.19. The van der Waals surface area contributed by atoms with Crippen LogP contribution in [0.5, 0.6) is 0 Å². The van der Waals surface area contributed by atoms with Crippen LogP contribution in [0.3, 0.4) is 0 Å². The predicted octanol–water partition coefficient (Wildman–Crippen LogP) is 12.0. The lowest BCUT2D eigenvalue weighted by molar-refractivity contribution is -0.161. The highest BCUT2D eigenvalue weighted by atomic mass is 31.2. The second-order valence-corrected chi connectivity index (χ2v) is 16.1. The van der Waals surface area contributed by atoms with Crippen molar-refractivity contribution in [3.63, 3.8) is 0 Å². The van der Waals surface area contributed by atoms with Gasteiger partial charge in [0, 0.05) is 26.2 Å². The second-order valence-electron chi connectivity index (χ2n) is 13.3. The van der Waals surface area contributed by atoms with Crippen molar-refractivity contribution in [1.82, 2.24) is 0 Å². The molecule has 0 rings (SSSR count). The Bertz CT molecular complexity index is 691. The zero-order valence-electron chi connectivity index (χ0n) is 29.7. The van der Waals surface area contributed by atoms with E-state index in [0.29, 0.717) is 12.8 Å². The molecule has 0 bridgehead atoms. The van der Waals surface area contributed by atoms with Crippen LogP contribution < -0.4 is 0 Å². The van der Waals surface area contributed by atoms with Crippen LogP contribution in [0, 0.1) is 0 Å². The molecule has 0 unspecified atom stereocenters. The van der Waals surface area contributed by atoms with Crippen molar-refractivity contribution in [1.29, 1.82) is 0 Å². The molecule has 0 aromatic heterocycles. The van der Waals surface area contributed by atoms with Crippen molar-refractivity contribution in [2.75, 3.05) is 26.5 Å². The number of carbonyl (C=O) groups is 2. The summed E-state index contributed by atoms with van der Waals surface area (Å²) in [5.41, 5.74) is 0. The van der Waals surface area contributed by atoms with Gasteiger partial charge in [0.25, 0.3) is 0 Å². The van der Waals surface area contributed by atoms with E-state index >= 15 is 0 Å². The molecule has 6 nitrogen and oxygen atoms in total. The van der Waals surface area contributed by atoms with Gasteiger partial charge in [-0.1, -0.05) is 168 Å². The predicted molar refractivity (Wildman–Crippen MR) is 187 cm³/mol. The molecule has 0 fully saturated rings. The molecule has 0 N–H and O–H groups in total. The quantitative estimate of drug-likeness (QED) is 0.0394. The highest BCUT2D eigenvalue weighted by Crippen LogP contribution is 2.37. The average molecular weight is 645 g/mol. The van der Waals surface area contributed by atoms with Crippen molar-refractivity contribution in [2.45, 2.75) is 200 Å². The van der Waals surface area contributed by atoms with Gasteiger partial charge in [-0.2, -0.15) is 0 Å². The third kappa shape index (κ3) is 34.0. The Morgan fingerprint density at radius 2 is 0.795 bits per heavy atom. The standard InChI is InChI=1S/C37H73O6P/c1-5-7-9-11-13-15-17-19-21-23-25-27-29-31-36(38)41-33-35(34-42-44(3,4)40)43-37(39)32-30-28-26-24-22-20-18-16-14-12-10-8-6-2/h35H,5-34H2,1-4H3/t35-/m1/s1. The van der Waals surface area contributed by atoms with Crippen LogP contribution in [0.1, 0.15) is 194 Å². The first kappa shape index (κ1) is 43.1. The summed E-state index contributed by atoms with van der Waals surface area (Å²) in [6.45, 7) is 7.49. The van der Waals surface area contributed by atoms with Crippen molar-refractivity contribution in [2.24, 2.45) is 0 Å². The summed E-state index contributed by atoms with van der Waals surface area (Å²) in [4.78, 5) is 24.7. The van der Waals surface area contributed by atoms with Gasteiger partial charge < -0.3 is 14.0 Å². The van der Waals surface area contributed by atoms with Gasteiger partial charge in [0.1, 0.15) is 6.61 Å². The van der Waals surface area contributed by atoms with Crippen molar-refractivity contribution >= 4 is 19.3 Å². The van der Waals surface area contributed by atoms with Crippen LogP contribution in [-0.4, -0.2) is 44.6 Å². The molecule has 0 aromatic rings. The Labute approximate surface area is 273 Å². The summed E-state index contributed by atoms with van der Waals surface area (Å²) in [5, 5.41) is 0. The van der Waals surface area contributed by atoms with E-state index in [1.807, 2.05) is 0 Å². The van der Waals surface area contributed by atoms with Gasteiger partial charge in [0.2, 0.25) is 0 Å². The molecule has 44 heavy (non-hydrogen) atoms. The minimum Gasteiger partial charge on any atom is -0.462 e. The molecule has 1 atom stereocenters. The molecule has 7 heteroatoms. The maximum absolute atomic E-state index is 12.4. The number of unbranched alkanes of at least 4 members (excludes halogenated alkanes) is 24. The first-order valence-corrected chi connectivity index (χ1v) is 21.3. The van der Waals surface area contributed by atoms with E-state index in [1.54, 1.807) is 0 Å². The largest absolute Gasteiger partial charge is 0.462 e. The summed E-state index contributed by atoms with van der Waals surface area (Å²) in [5.74, 6) is -0.585. The highest BCUT2D eigenvalue weighted by molar-refractivity contribution is 7.57. The minimum atomic E-state index is -2.74. The molecule has 0 aliphatic carbocycles. The Morgan fingerprint density at radius 3 is 1.14 bits per heavy atom. The fourth-order valence-corrected chi connectivity index (χ4v) is 5.98. The van der Waals surface area contributed by atoms with E-state index in [2.05, 4.69) is 13.8 Å².